The van der Waals surface area contributed by atoms with Gasteiger partial charge in [-0.15, -0.1) is 0 Å². The molecule has 8 heteroatoms. The lowest BCUT2D eigenvalue weighted by atomic mass is 10.2. The second-order valence-corrected chi connectivity index (χ2v) is 6.60. The number of aromatic amines is 1. The van der Waals surface area contributed by atoms with Crippen LogP contribution in [0.5, 0.6) is 17.2 Å². The number of hydrogen-bond donors (Lipinski definition) is 1. The van der Waals surface area contributed by atoms with Gasteiger partial charge in [0.2, 0.25) is 4.77 Å². The van der Waals surface area contributed by atoms with Crippen molar-refractivity contribution in [3.63, 3.8) is 0 Å². The summed E-state index contributed by atoms with van der Waals surface area (Å²) in [5.41, 5.74) is 1.62. The van der Waals surface area contributed by atoms with Gasteiger partial charge in [-0.3, -0.25) is 0 Å². The molecule has 3 rings (SSSR count). The normalized spacial score (nSPS) is 11.2. The Labute approximate surface area is 168 Å². The Morgan fingerprint density at radius 1 is 1.11 bits per heavy atom. The molecule has 0 aliphatic carbocycles. The fraction of sp³-hybridized carbons (Fsp3) is 0.250. The van der Waals surface area contributed by atoms with E-state index in [1.165, 1.54) is 0 Å². The highest BCUT2D eigenvalue weighted by Crippen LogP contribution is 2.25. The Morgan fingerprint density at radius 3 is 2.64 bits per heavy atom. The average molecular weight is 398 g/mol. The topological polar surface area (TPSA) is 73.7 Å². The van der Waals surface area contributed by atoms with E-state index < -0.39 is 0 Å². The van der Waals surface area contributed by atoms with Crippen LogP contribution in [0.1, 0.15) is 19.4 Å². The number of ether oxygens (including phenoxy) is 3. The summed E-state index contributed by atoms with van der Waals surface area (Å²) in [6.45, 7) is 3.96. The Balaban J connectivity index is 1.96. The lowest BCUT2D eigenvalue weighted by Crippen LogP contribution is -2.05. The second kappa shape index (κ2) is 8.71. The predicted octanol–water partition coefficient (Wildman–Crippen LogP) is 4.29. The maximum absolute atomic E-state index is 5.76. The molecular weight excluding hydrogens is 376 g/mol. The molecule has 1 N–H and O–H groups in total. The molecule has 0 unspecified atom stereocenters. The van der Waals surface area contributed by atoms with E-state index in [0.29, 0.717) is 22.1 Å². The van der Waals surface area contributed by atoms with Crippen LogP contribution in [-0.2, 0) is 0 Å². The highest BCUT2D eigenvalue weighted by atomic mass is 32.1. The summed E-state index contributed by atoms with van der Waals surface area (Å²) in [6, 6.07) is 13.1. The van der Waals surface area contributed by atoms with Crippen LogP contribution in [0.15, 0.2) is 47.6 Å². The molecule has 0 saturated carbocycles. The first-order valence-electron chi connectivity index (χ1n) is 8.72. The average Bonchev–Trinajstić information content (AvgIpc) is 3.06. The van der Waals surface area contributed by atoms with Gasteiger partial charge < -0.3 is 14.2 Å². The zero-order valence-corrected chi connectivity index (χ0v) is 17.0. The summed E-state index contributed by atoms with van der Waals surface area (Å²) in [5, 5.41) is 11.6. The van der Waals surface area contributed by atoms with Crippen LogP contribution >= 0.6 is 12.2 Å². The van der Waals surface area contributed by atoms with E-state index in [9.17, 15) is 0 Å². The van der Waals surface area contributed by atoms with Crippen molar-refractivity contribution in [1.82, 2.24) is 14.9 Å². The van der Waals surface area contributed by atoms with Crippen molar-refractivity contribution < 1.29 is 14.2 Å². The number of H-pyrrole nitrogens is 1. The predicted molar refractivity (Wildman–Crippen MR) is 111 cm³/mol. The monoisotopic (exact) mass is 398 g/mol. The first kappa shape index (κ1) is 19.6. The third-order valence-electron chi connectivity index (χ3n) is 3.87. The molecule has 0 amide bonds. The quantitative estimate of drug-likeness (QED) is 0.475. The minimum atomic E-state index is 0.0802. The summed E-state index contributed by atoms with van der Waals surface area (Å²) in [5.74, 6) is 2.69. The van der Waals surface area contributed by atoms with E-state index >= 15 is 0 Å². The van der Waals surface area contributed by atoms with Gasteiger partial charge in [0.15, 0.2) is 5.82 Å². The molecule has 2 aromatic carbocycles. The number of hydrogen-bond acceptors (Lipinski definition) is 6. The van der Waals surface area contributed by atoms with Crippen LogP contribution in [0.4, 0.5) is 0 Å². The molecular formula is C20H22N4O3S. The molecule has 0 saturated heterocycles. The van der Waals surface area contributed by atoms with Crippen molar-refractivity contribution in [2.45, 2.75) is 20.0 Å². The smallest absolute Gasteiger partial charge is 0.216 e. The molecule has 1 aromatic heterocycles. The summed E-state index contributed by atoms with van der Waals surface area (Å²) in [4.78, 5) is 0. The molecule has 0 aliphatic heterocycles. The number of aromatic nitrogens is 3. The molecule has 0 spiro atoms. The Hall–Kier alpha value is -3.13. The number of nitrogens with one attached hydrogen (secondary N) is 1. The van der Waals surface area contributed by atoms with Crippen molar-refractivity contribution >= 4 is 18.4 Å². The zero-order chi connectivity index (χ0) is 20.1. The molecule has 3 aromatic rings. The van der Waals surface area contributed by atoms with Gasteiger partial charge in [-0.2, -0.15) is 14.9 Å². The fourth-order valence-electron chi connectivity index (χ4n) is 2.61. The van der Waals surface area contributed by atoms with Crippen molar-refractivity contribution in [2.24, 2.45) is 5.10 Å². The maximum Gasteiger partial charge on any atom is 0.216 e. The van der Waals surface area contributed by atoms with Crippen molar-refractivity contribution in [3.05, 3.63) is 52.8 Å². The molecule has 0 bridgehead atoms. The fourth-order valence-corrected chi connectivity index (χ4v) is 2.79. The highest BCUT2D eigenvalue weighted by Gasteiger charge is 2.10. The first-order valence-corrected chi connectivity index (χ1v) is 9.13. The van der Waals surface area contributed by atoms with E-state index in [1.54, 1.807) is 31.2 Å². The summed E-state index contributed by atoms with van der Waals surface area (Å²) in [7, 11) is 3.21. The van der Waals surface area contributed by atoms with E-state index in [2.05, 4.69) is 15.3 Å². The first-order chi connectivity index (χ1) is 13.5. The number of rotatable bonds is 7. The Bertz CT molecular complexity index is 1040. The van der Waals surface area contributed by atoms with Crippen LogP contribution in [-0.4, -0.2) is 41.4 Å². The van der Waals surface area contributed by atoms with Crippen LogP contribution in [0.25, 0.3) is 11.4 Å². The molecule has 7 nitrogen and oxygen atoms in total. The lowest BCUT2D eigenvalue weighted by Gasteiger charge is -2.10. The molecule has 0 radical (unpaired) electrons. The Morgan fingerprint density at radius 2 is 1.93 bits per heavy atom. The van der Waals surface area contributed by atoms with Gasteiger partial charge in [0.05, 0.1) is 26.5 Å². The summed E-state index contributed by atoms with van der Waals surface area (Å²) >= 11 is 5.34. The van der Waals surface area contributed by atoms with Crippen LogP contribution < -0.4 is 14.2 Å². The van der Waals surface area contributed by atoms with Crippen LogP contribution in [0.3, 0.4) is 0 Å². The number of nitrogens with zero attached hydrogens (tertiary/aromatic N) is 3. The number of benzene rings is 2. The van der Waals surface area contributed by atoms with E-state index in [-0.39, 0.29) is 6.10 Å². The van der Waals surface area contributed by atoms with Gasteiger partial charge in [0, 0.05) is 17.2 Å². The second-order valence-electron chi connectivity index (χ2n) is 6.21. The van der Waals surface area contributed by atoms with Crippen molar-refractivity contribution in [1.29, 1.82) is 0 Å². The molecule has 0 fully saturated rings. The van der Waals surface area contributed by atoms with Gasteiger partial charge in [-0.05, 0) is 50.3 Å². The summed E-state index contributed by atoms with van der Waals surface area (Å²) in [6.07, 6.45) is 1.75. The van der Waals surface area contributed by atoms with Crippen LogP contribution in [0, 0.1) is 4.77 Å². The summed E-state index contributed by atoms with van der Waals surface area (Å²) < 4.78 is 18.3. The molecule has 28 heavy (non-hydrogen) atoms. The molecule has 1 heterocycles. The molecule has 0 aliphatic rings. The largest absolute Gasteiger partial charge is 0.497 e. The van der Waals surface area contributed by atoms with E-state index in [0.717, 1.165) is 16.9 Å². The maximum atomic E-state index is 5.76. The van der Waals surface area contributed by atoms with E-state index in [1.807, 2.05) is 50.2 Å². The third-order valence-corrected chi connectivity index (χ3v) is 4.13. The van der Waals surface area contributed by atoms with Crippen molar-refractivity contribution in [2.75, 3.05) is 14.2 Å². The highest BCUT2D eigenvalue weighted by molar-refractivity contribution is 7.71. The van der Waals surface area contributed by atoms with Crippen molar-refractivity contribution in [3.8, 4) is 28.6 Å². The van der Waals surface area contributed by atoms with Gasteiger partial charge in [-0.25, -0.2) is 5.10 Å². The van der Waals surface area contributed by atoms with Gasteiger partial charge >= 0.3 is 0 Å². The minimum Gasteiger partial charge on any atom is -0.497 e. The van der Waals surface area contributed by atoms with Gasteiger partial charge in [0.1, 0.15) is 17.2 Å². The van der Waals surface area contributed by atoms with E-state index in [4.69, 9.17) is 26.4 Å². The molecule has 146 valence electrons. The Kier molecular flexibility index (Phi) is 6.10. The zero-order valence-electron chi connectivity index (χ0n) is 16.2. The standard InChI is InChI=1S/C20H22N4O3S/c1-13(2)27-17-7-5-6-14(10-17)19-22-23-20(28)24(19)21-12-15-8-9-16(25-3)11-18(15)26-4/h5-13H,1-4H3,(H,23,28). The van der Waals surface area contributed by atoms with Gasteiger partial charge in [-0.1, -0.05) is 12.1 Å². The lowest BCUT2D eigenvalue weighted by molar-refractivity contribution is 0.242. The SMILES string of the molecule is COc1ccc(C=Nn2c(-c3cccc(OC(C)C)c3)n[nH]c2=S)c(OC)c1. The van der Waals surface area contributed by atoms with Gasteiger partial charge in [0.25, 0.3) is 0 Å². The number of methoxy groups -OCH3 is 2. The third kappa shape index (κ3) is 4.40. The van der Waals surface area contributed by atoms with Crippen LogP contribution in [0.2, 0.25) is 0 Å². The molecule has 0 atom stereocenters. The minimum absolute atomic E-state index is 0.0802.